The van der Waals surface area contributed by atoms with Crippen LogP contribution in [0.1, 0.15) is 18.4 Å². The monoisotopic (exact) mass is 324 g/mol. The Balaban J connectivity index is 2.77. The summed E-state index contributed by atoms with van der Waals surface area (Å²) in [5, 5.41) is 2.68. The lowest BCUT2D eigenvalue weighted by atomic mass is 10.0. The number of likely N-dealkylation sites (N-methyl/N-ethyl adjacent to an activating group) is 1. The quantitative estimate of drug-likeness (QED) is 0.595. The topological polar surface area (TPSA) is 101 Å². The molecule has 23 heavy (non-hydrogen) atoms. The third-order valence-electron chi connectivity index (χ3n) is 3.63. The molecule has 0 aliphatic heterocycles. The SMILES string of the molecule is CN(C)[C@@H](Cc1ccc(F)cc1)C(=O)N[C@@H](CCCN)C(N)=O. The summed E-state index contributed by atoms with van der Waals surface area (Å²) in [6.07, 6.45) is 1.41. The molecule has 0 heterocycles. The Morgan fingerprint density at radius 2 is 1.87 bits per heavy atom. The number of nitrogens with one attached hydrogen (secondary N) is 1. The largest absolute Gasteiger partial charge is 0.368 e. The van der Waals surface area contributed by atoms with Gasteiger partial charge in [0.1, 0.15) is 11.9 Å². The Morgan fingerprint density at radius 1 is 1.26 bits per heavy atom. The molecule has 0 aromatic heterocycles. The lowest BCUT2D eigenvalue weighted by Crippen LogP contribution is -2.52. The number of benzene rings is 1. The Bertz CT molecular complexity index is 519. The second kappa shape index (κ2) is 9.22. The summed E-state index contributed by atoms with van der Waals surface area (Å²) in [4.78, 5) is 25.7. The number of rotatable bonds is 9. The van der Waals surface area contributed by atoms with Crippen LogP contribution in [0.2, 0.25) is 0 Å². The highest BCUT2D eigenvalue weighted by Crippen LogP contribution is 2.09. The van der Waals surface area contributed by atoms with Crippen molar-refractivity contribution in [1.82, 2.24) is 10.2 Å². The van der Waals surface area contributed by atoms with Gasteiger partial charge in [0.2, 0.25) is 11.8 Å². The van der Waals surface area contributed by atoms with Gasteiger partial charge in [-0.05, 0) is 57.6 Å². The van der Waals surface area contributed by atoms with Crippen LogP contribution < -0.4 is 16.8 Å². The Kier molecular flexibility index (Phi) is 7.64. The maximum atomic E-state index is 13.0. The van der Waals surface area contributed by atoms with E-state index >= 15 is 0 Å². The molecule has 1 aromatic carbocycles. The summed E-state index contributed by atoms with van der Waals surface area (Å²) >= 11 is 0. The molecule has 0 unspecified atom stereocenters. The van der Waals surface area contributed by atoms with Crippen LogP contribution in [0, 0.1) is 5.82 Å². The van der Waals surface area contributed by atoms with E-state index in [1.807, 2.05) is 0 Å². The van der Waals surface area contributed by atoms with E-state index in [0.29, 0.717) is 25.8 Å². The maximum Gasteiger partial charge on any atom is 0.240 e. The van der Waals surface area contributed by atoms with Gasteiger partial charge in [0, 0.05) is 0 Å². The Hall–Kier alpha value is -1.99. The zero-order valence-corrected chi connectivity index (χ0v) is 13.6. The third kappa shape index (κ3) is 6.33. The first-order valence-electron chi connectivity index (χ1n) is 7.55. The van der Waals surface area contributed by atoms with Gasteiger partial charge in [-0.2, -0.15) is 0 Å². The van der Waals surface area contributed by atoms with Crippen LogP contribution in [0.25, 0.3) is 0 Å². The summed E-state index contributed by atoms with van der Waals surface area (Å²) in [6, 6.07) is 4.76. The standard InChI is InChI=1S/C16H25FN4O2/c1-21(2)14(10-11-5-7-12(17)8-6-11)16(23)20-13(15(19)22)4-3-9-18/h5-8,13-14H,3-4,9-10,18H2,1-2H3,(H2,19,22)(H,20,23)/t13-,14-/m0/s1. The van der Waals surface area contributed by atoms with Crippen LogP contribution in [0.3, 0.4) is 0 Å². The lowest BCUT2D eigenvalue weighted by Gasteiger charge is -2.25. The van der Waals surface area contributed by atoms with Crippen molar-refractivity contribution < 1.29 is 14.0 Å². The first-order chi connectivity index (χ1) is 10.8. The molecule has 0 spiro atoms. The zero-order valence-electron chi connectivity index (χ0n) is 13.6. The van der Waals surface area contributed by atoms with Crippen LogP contribution in [-0.2, 0) is 16.0 Å². The average Bonchev–Trinajstić information content (AvgIpc) is 2.49. The van der Waals surface area contributed by atoms with E-state index in [1.165, 1.54) is 12.1 Å². The molecular weight excluding hydrogens is 299 g/mol. The molecular formula is C16H25FN4O2. The normalized spacial score (nSPS) is 13.6. The van der Waals surface area contributed by atoms with E-state index in [0.717, 1.165) is 5.56 Å². The van der Waals surface area contributed by atoms with E-state index in [-0.39, 0.29) is 11.7 Å². The molecule has 7 heteroatoms. The van der Waals surface area contributed by atoms with Crippen molar-refractivity contribution in [2.24, 2.45) is 11.5 Å². The minimum atomic E-state index is -0.735. The molecule has 128 valence electrons. The molecule has 1 aromatic rings. The van der Waals surface area contributed by atoms with Gasteiger partial charge in [-0.3, -0.25) is 14.5 Å². The van der Waals surface area contributed by atoms with Gasteiger partial charge in [-0.1, -0.05) is 12.1 Å². The summed E-state index contributed by atoms with van der Waals surface area (Å²) in [6.45, 7) is 0.423. The molecule has 2 atom stereocenters. The Labute approximate surface area is 136 Å². The molecule has 0 saturated heterocycles. The summed E-state index contributed by atoms with van der Waals surface area (Å²) in [5.74, 6) is -1.19. The minimum Gasteiger partial charge on any atom is -0.368 e. The number of halogens is 1. The highest BCUT2D eigenvalue weighted by Gasteiger charge is 2.25. The molecule has 5 N–H and O–H groups in total. The number of hydrogen-bond acceptors (Lipinski definition) is 4. The zero-order chi connectivity index (χ0) is 17.4. The van der Waals surface area contributed by atoms with Crippen molar-refractivity contribution in [2.45, 2.75) is 31.3 Å². The molecule has 0 aliphatic carbocycles. The number of primary amides is 1. The summed E-state index contributed by atoms with van der Waals surface area (Å²) in [5.41, 5.74) is 11.6. The predicted octanol–water partition coefficient (Wildman–Crippen LogP) is 0.00740. The van der Waals surface area contributed by atoms with Gasteiger partial charge in [0.15, 0.2) is 0 Å². The van der Waals surface area contributed by atoms with E-state index in [1.54, 1.807) is 31.1 Å². The third-order valence-corrected chi connectivity index (χ3v) is 3.63. The molecule has 2 amide bonds. The van der Waals surface area contributed by atoms with Crippen molar-refractivity contribution in [3.05, 3.63) is 35.6 Å². The second-order valence-corrected chi connectivity index (χ2v) is 5.70. The van der Waals surface area contributed by atoms with Gasteiger partial charge in [-0.15, -0.1) is 0 Å². The number of nitrogens with zero attached hydrogens (tertiary/aromatic N) is 1. The fourth-order valence-electron chi connectivity index (χ4n) is 2.23. The van der Waals surface area contributed by atoms with Crippen LogP contribution in [-0.4, -0.2) is 49.4 Å². The predicted molar refractivity (Wildman–Crippen MR) is 87.0 cm³/mol. The van der Waals surface area contributed by atoms with Gasteiger partial charge in [0.05, 0.1) is 6.04 Å². The van der Waals surface area contributed by atoms with Gasteiger partial charge in [-0.25, -0.2) is 4.39 Å². The fourth-order valence-corrected chi connectivity index (χ4v) is 2.23. The maximum absolute atomic E-state index is 13.0. The molecule has 6 nitrogen and oxygen atoms in total. The highest BCUT2D eigenvalue weighted by atomic mass is 19.1. The van der Waals surface area contributed by atoms with Crippen molar-refractivity contribution in [2.75, 3.05) is 20.6 Å². The van der Waals surface area contributed by atoms with Gasteiger partial charge in [0.25, 0.3) is 0 Å². The number of carbonyl (C=O) groups excluding carboxylic acids is 2. The van der Waals surface area contributed by atoms with Crippen molar-refractivity contribution in [3.8, 4) is 0 Å². The summed E-state index contributed by atoms with van der Waals surface area (Å²) < 4.78 is 13.0. The van der Waals surface area contributed by atoms with Crippen LogP contribution in [0.5, 0.6) is 0 Å². The van der Waals surface area contributed by atoms with Crippen LogP contribution >= 0.6 is 0 Å². The molecule has 0 fully saturated rings. The molecule has 0 bridgehead atoms. The van der Waals surface area contributed by atoms with E-state index in [2.05, 4.69) is 5.32 Å². The molecule has 0 saturated carbocycles. The van der Waals surface area contributed by atoms with Crippen molar-refractivity contribution in [1.29, 1.82) is 0 Å². The Morgan fingerprint density at radius 3 is 2.35 bits per heavy atom. The fraction of sp³-hybridized carbons (Fsp3) is 0.500. The smallest absolute Gasteiger partial charge is 0.240 e. The minimum absolute atomic E-state index is 0.292. The van der Waals surface area contributed by atoms with Gasteiger partial charge >= 0.3 is 0 Å². The van der Waals surface area contributed by atoms with E-state index in [9.17, 15) is 14.0 Å². The van der Waals surface area contributed by atoms with Gasteiger partial charge < -0.3 is 16.8 Å². The molecule has 0 radical (unpaired) electrons. The van der Waals surface area contributed by atoms with Crippen molar-refractivity contribution >= 4 is 11.8 Å². The number of amides is 2. The van der Waals surface area contributed by atoms with Crippen LogP contribution in [0.4, 0.5) is 4.39 Å². The van der Waals surface area contributed by atoms with E-state index < -0.39 is 18.0 Å². The first kappa shape index (κ1) is 19.1. The molecule has 0 aliphatic rings. The van der Waals surface area contributed by atoms with E-state index in [4.69, 9.17) is 11.5 Å². The van der Waals surface area contributed by atoms with Crippen LogP contribution in [0.15, 0.2) is 24.3 Å². The molecule has 1 rings (SSSR count). The number of nitrogens with two attached hydrogens (primary N) is 2. The second-order valence-electron chi connectivity index (χ2n) is 5.70. The summed E-state index contributed by atoms with van der Waals surface area (Å²) in [7, 11) is 3.54. The number of carbonyl (C=O) groups is 2. The first-order valence-corrected chi connectivity index (χ1v) is 7.55. The highest BCUT2D eigenvalue weighted by molar-refractivity contribution is 5.89. The van der Waals surface area contributed by atoms with Crippen molar-refractivity contribution in [3.63, 3.8) is 0 Å². The lowest BCUT2D eigenvalue weighted by molar-refractivity contribution is -0.130. The number of hydrogen-bond donors (Lipinski definition) is 3. The average molecular weight is 324 g/mol.